The number of hydrogen-bond acceptors (Lipinski definition) is 4. The molecule has 2 aliphatic rings. The number of nitrogens with one attached hydrogen (secondary N) is 1. The lowest BCUT2D eigenvalue weighted by atomic mass is 9.83. The van der Waals surface area contributed by atoms with Crippen LogP contribution in [0.5, 0.6) is 0 Å². The summed E-state index contributed by atoms with van der Waals surface area (Å²) >= 11 is 0. The second kappa shape index (κ2) is 11.5. The molecule has 0 spiro atoms. The molecular formula is C29H42N2O3S. The van der Waals surface area contributed by atoms with E-state index in [1.807, 2.05) is 6.07 Å². The van der Waals surface area contributed by atoms with E-state index in [0.29, 0.717) is 12.5 Å². The Morgan fingerprint density at radius 1 is 0.943 bits per heavy atom. The van der Waals surface area contributed by atoms with Crippen LogP contribution in [-0.4, -0.2) is 49.9 Å². The Morgan fingerprint density at radius 2 is 1.54 bits per heavy atom. The van der Waals surface area contributed by atoms with Gasteiger partial charge >= 0.3 is 0 Å². The number of likely N-dealkylation sites (tertiary alicyclic amines) is 1. The molecule has 2 atom stereocenters. The minimum absolute atomic E-state index is 0.0108. The van der Waals surface area contributed by atoms with Crippen LogP contribution in [0.3, 0.4) is 0 Å². The molecule has 5 nitrogen and oxygen atoms in total. The molecule has 4 rings (SSSR count). The average molecular weight is 499 g/mol. The highest BCUT2D eigenvalue weighted by atomic mass is 32.2. The molecule has 0 bridgehead atoms. The molecule has 192 valence electrons. The average Bonchev–Trinajstić information content (AvgIpc) is 3.15. The molecule has 1 aliphatic heterocycles. The largest absolute Gasteiger partial charge is 0.377 e. The van der Waals surface area contributed by atoms with Crippen LogP contribution in [0, 0.1) is 0 Å². The van der Waals surface area contributed by atoms with Gasteiger partial charge < -0.3 is 4.74 Å². The van der Waals surface area contributed by atoms with Crippen molar-refractivity contribution in [3.05, 3.63) is 71.8 Å². The number of ether oxygens (including phenoxy) is 1. The van der Waals surface area contributed by atoms with Crippen molar-refractivity contribution in [2.45, 2.75) is 95.0 Å². The number of rotatable bonds is 10. The second-order valence-electron chi connectivity index (χ2n) is 10.5. The van der Waals surface area contributed by atoms with Gasteiger partial charge in [-0.2, -0.15) is 0 Å². The number of nitrogens with zero attached hydrogens (tertiary/aromatic N) is 1. The zero-order valence-electron chi connectivity index (χ0n) is 21.5. The summed E-state index contributed by atoms with van der Waals surface area (Å²) in [4.78, 5) is 2.54. The van der Waals surface area contributed by atoms with Crippen LogP contribution >= 0.6 is 0 Å². The zero-order chi connectivity index (χ0) is 24.9. The number of sulfonamides is 1. The molecule has 2 unspecified atom stereocenters. The van der Waals surface area contributed by atoms with Gasteiger partial charge in [0.15, 0.2) is 0 Å². The number of benzene rings is 2. The Labute approximate surface area is 212 Å². The standard InChI is InChI=1S/C29H42N2O3S/c1-4-29(5-2)20-27(30-35(3,32)33)28(31(29)21-23-12-8-6-9-13-23)22-34-26-18-16-25(17-19-26)24-14-10-7-11-15-24/h6-15,25-28,30H,4-5,16-22H2,1-3H3. The van der Waals surface area contributed by atoms with Gasteiger partial charge in [0.1, 0.15) is 0 Å². The fourth-order valence-electron chi connectivity index (χ4n) is 6.37. The molecule has 2 aromatic carbocycles. The van der Waals surface area contributed by atoms with Crippen molar-refractivity contribution in [3.8, 4) is 0 Å². The molecule has 1 saturated carbocycles. The Hall–Kier alpha value is -1.73. The Balaban J connectivity index is 1.48. The molecular weight excluding hydrogens is 456 g/mol. The Bertz CT molecular complexity index is 1020. The van der Waals surface area contributed by atoms with E-state index in [1.165, 1.54) is 17.4 Å². The highest BCUT2D eigenvalue weighted by Gasteiger charge is 2.50. The van der Waals surface area contributed by atoms with Crippen molar-refractivity contribution in [1.82, 2.24) is 9.62 Å². The molecule has 0 aromatic heterocycles. The highest BCUT2D eigenvalue weighted by molar-refractivity contribution is 7.88. The summed E-state index contributed by atoms with van der Waals surface area (Å²) in [7, 11) is -3.32. The zero-order valence-corrected chi connectivity index (χ0v) is 22.3. The molecule has 6 heteroatoms. The van der Waals surface area contributed by atoms with Crippen molar-refractivity contribution in [2.24, 2.45) is 0 Å². The lowest BCUT2D eigenvalue weighted by Crippen LogP contribution is -2.50. The maximum atomic E-state index is 12.3. The fraction of sp³-hybridized carbons (Fsp3) is 0.586. The van der Waals surface area contributed by atoms with E-state index < -0.39 is 10.0 Å². The first-order valence-electron chi connectivity index (χ1n) is 13.3. The topological polar surface area (TPSA) is 58.6 Å². The van der Waals surface area contributed by atoms with Gasteiger partial charge in [0.2, 0.25) is 10.0 Å². The lowest BCUT2D eigenvalue weighted by molar-refractivity contribution is -0.0255. The predicted octanol–water partition coefficient (Wildman–Crippen LogP) is 5.48. The van der Waals surface area contributed by atoms with E-state index in [1.54, 1.807) is 0 Å². The van der Waals surface area contributed by atoms with Gasteiger partial charge in [0, 0.05) is 18.1 Å². The highest BCUT2D eigenvalue weighted by Crippen LogP contribution is 2.42. The Kier molecular flexibility index (Phi) is 8.69. The van der Waals surface area contributed by atoms with Gasteiger partial charge in [0.25, 0.3) is 0 Å². The molecule has 0 amide bonds. The minimum atomic E-state index is -3.32. The van der Waals surface area contributed by atoms with Gasteiger partial charge in [-0.15, -0.1) is 0 Å². The first-order chi connectivity index (χ1) is 16.8. The summed E-state index contributed by atoms with van der Waals surface area (Å²) < 4.78 is 34.1. The molecule has 0 radical (unpaired) electrons. The van der Waals surface area contributed by atoms with Gasteiger partial charge in [-0.25, -0.2) is 13.1 Å². The summed E-state index contributed by atoms with van der Waals surface area (Å²) in [6.45, 7) is 5.82. The summed E-state index contributed by atoms with van der Waals surface area (Å²) in [5.74, 6) is 0.615. The molecule has 2 aromatic rings. The first kappa shape index (κ1) is 26.3. The third-order valence-electron chi connectivity index (χ3n) is 8.40. The van der Waals surface area contributed by atoms with E-state index in [0.717, 1.165) is 51.5 Å². The quantitative estimate of drug-likeness (QED) is 0.471. The van der Waals surface area contributed by atoms with E-state index in [4.69, 9.17) is 4.74 Å². The van der Waals surface area contributed by atoms with Crippen LogP contribution in [0.25, 0.3) is 0 Å². The van der Waals surface area contributed by atoms with Crippen LogP contribution < -0.4 is 4.72 Å². The molecule has 1 aliphatic carbocycles. The van der Waals surface area contributed by atoms with Crippen LogP contribution in [0.4, 0.5) is 0 Å². The predicted molar refractivity (Wildman–Crippen MR) is 143 cm³/mol. The molecule has 35 heavy (non-hydrogen) atoms. The van der Waals surface area contributed by atoms with E-state index in [-0.39, 0.29) is 23.7 Å². The second-order valence-corrected chi connectivity index (χ2v) is 12.3. The van der Waals surface area contributed by atoms with E-state index >= 15 is 0 Å². The van der Waals surface area contributed by atoms with Gasteiger partial charge in [0.05, 0.1) is 25.0 Å². The van der Waals surface area contributed by atoms with Crippen molar-refractivity contribution in [2.75, 3.05) is 12.9 Å². The first-order valence-corrected chi connectivity index (χ1v) is 15.2. The molecule has 1 heterocycles. The van der Waals surface area contributed by atoms with Crippen LogP contribution in [-0.2, 0) is 21.3 Å². The lowest BCUT2D eigenvalue weighted by Gasteiger charge is -2.41. The monoisotopic (exact) mass is 498 g/mol. The smallest absolute Gasteiger partial charge is 0.209 e. The van der Waals surface area contributed by atoms with Crippen molar-refractivity contribution in [1.29, 1.82) is 0 Å². The van der Waals surface area contributed by atoms with E-state index in [9.17, 15) is 8.42 Å². The fourth-order valence-corrected chi connectivity index (χ4v) is 7.16. The summed E-state index contributed by atoms with van der Waals surface area (Å²) in [6, 6.07) is 21.2. The molecule has 1 saturated heterocycles. The van der Waals surface area contributed by atoms with Crippen molar-refractivity contribution < 1.29 is 13.2 Å². The van der Waals surface area contributed by atoms with Gasteiger partial charge in [-0.1, -0.05) is 74.5 Å². The van der Waals surface area contributed by atoms with Crippen LogP contribution in [0.15, 0.2) is 60.7 Å². The summed E-state index contributed by atoms with van der Waals surface area (Å²) in [6.07, 6.45) is 8.70. The maximum Gasteiger partial charge on any atom is 0.209 e. The molecule has 1 N–H and O–H groups in total. The van der Waals surface area contributed by atoms with Crippen molar-refractivity contribution >= 4 is 10.0 Å². The van der Waals surface area contributed by atoms with Gasteiger partial charge in [-0.05, 0) is 62.0 Å². The van der Waals surface area contributed by atoms with E-state index in [2.05, 4.69) is 78.1 Å². The maximum absolute atomic E-state index is 12.3. The summed E-state index contributed by atoms with van der Waals surface area (Å²) in [5.41, 5.74) is 2.65. The third kappa shape index (κ3) is 6.53. The molecule has 2 fully saturated rings. The van der Waals surface area contributed by atoms with Crippen molar-refractivity contribution in [3.63, 3.8) is 0 Å². The third-order valence-corrected chi connectivity index (χ3v) is 9.13. The van der Waals surface area contributed by atoms with Gasteiger partial charge in [-0.3, -0.25) is 4.90 Å². The van der Waals surface area contributed by atoms with Crippen LogP contribution in [0.1, 0.15) is 75.8 Å². The SMILES string of the molecule is CCC1(CC)CC(NS(C)(=O)=O)C(COC2CCC(c3ccccc3)CC2)N1Cc1ccccc1. The minimum Gasteiger partial charge on any atom is -0.377 e. The normalized spacial score (nSPS) is 27.2. The summed E-state index contributed by atoms with van der Waals surface area (Å²) in [5, 5.41) is 0. The number of hydrogen-bond donors (Lipinski definition) is 1. The van der Waals surface area contributed by atoms with Crippen LogP contribution in [0.2, 0.25) is 0 Å². The Morgan fingerprint density at radius 3 is 2.11 bits per heavy atom.